The zero-order valence-corrected chi connectivity index (χ0v) is 10.3. The minimum atomic E-state index is -0.337. The van der Waals surface area contributed by atoms with Crippen LogP contribution in [0.2, 0.25) is 0 Å². The summed E-state index contributed by atoms with van der Waals surface area (Å²) >= 11 is 0. The molecule has 0 aromatic heterocycles. The van der Waals surface area contributed by atoms with E-state index in [1.165, 1.54) is 0 Å². The van der Waals surface area contributed by atoms with Crippen molar-refractivity contribution in [2.75, 3.05) is 23.7 Å². The van der Waals surface area contributed by atoms with Gasteiger partial charge in [-0.05, 0) is 25.0 Å². The highest BCUT2D eigenvalue weighted by atomic mass is 16.6. The molecule has 0 heterocycles. The van der Waals surface area contributed by atoms with Gasteiger partial charge in [0.25, 0.3) is 0 Å². The topological polar surface area (TPSA) is 67.2 Å². The molecule has 0 amide bonds. The molecule has 17 heavy (non-hydrogen) atoms. The van der Waals surface area contributed by atoms with E-state index in [0.717, 1.165) is 25.9 Å². The van der Waals surface area contributed by atoms with Gasteiger partial charge in [-0.25, -0.2) is 0 Å². The van der Waals surface area contributed by atoms with Crippen LogP contribution < -0.4 is 10.6 Å². The fourth-order valence-corrected chi connectivity index (χ4v) is 1.54. The molecule has 1 rings (SSSR count). The Bertz CT molecular complexity index is 354. The summed E-state index contributed by atoms with van der Waals surface area (Å²) in [4.78, 5) is 10.8. The highest BCUT2D eigenvalue weighted by Gasteiger charge is 2.18. The number of nitro benzene ring substituents is 1. The number of nitrogens with one attached hydrogen (secondary N) is 2. The molecule has 94 valence electrons. The summed E-state index contributed by atoms with van der Waals surface area (Å²) in [6, 6.07) is 5.30. The smallest absolute Gasteiger partial charge is 0.315 e. The van der Waals surface area contributed by atoms with Crippen molar-refractivity contribution in [2.24, 2.45) is 0 Å². The minimum absolute atomic E-state index is 0.134. The molecular formula is C12H19N3O2. The standard InChI is InChI=1S/C12H19N3O2/c1-3-8-13-10-6-5-7-11(14-9-4-2)12(10)15(16)17/h5-7,13-14H,3-4,8-9H2,1-2H3. The molecule has 0 aliphatic rings. The molecule has 0 aliphatic carbocycles. The zero-order chi connectivity index (χ0) is 12.7. The van der Waals surface area contributed by atoms with Gasteiger partial charge in [0.1, 0.15) is 11.4 Å². The number of rotatable bonds is 7. The van der Waals surface area contributed by atoms with Crippen molar-refractivity contribution in [3.63, 3.8) is 0 Å². The lowest BCUT2D eigenvalue weighted by Crippen LogP contribution is -2.07. The van der Waals surface area contributed by atoms with Gasteiger partial charge >= 0.3 is 5.69 Å². The third-order valence-corrected chi connectivity index (χ3v) is 2.35. The first-order chi connectivity index (χ1) is 8.20. The number of hydrogen-bond donors (Lipinski definition) is 2. The van der Waals surface area contributed by atoms with Crippen LogP contribution in [0.25, 0.3) is 0 Å². The predicted molar refractivity (Wildman–Crippen MR) is 70.7 cm³/mol. The van der Waals surface area contributed by atoms with Crippen molar-refractivity contribution in [1.82, 2.24) is 0 Å². The van der Waals surface area contributed by atoms with Crippen LogP contribution in [0, 0.1) is 10.1 Å². The fraction of sp³-hybridized carbons (Fsp3) is 0.500. The Balaban J connectivity index is 2.99. The molecular weight excluding hydrogens is 218 g/mol. The van der Waals surface area contributed by atoms with E-state index in [1.807, 2.05) is 19.9 Å². The first kappa shape index (κ1) is 13.3. The highest BCUT2D eigenvalue weighted by Crippen LogP contribution is 2.32. The second-order valence-corrected chi connectivity index (χ2v) is 3.81. The van der Waals surface area contributed by atoms with Crippen molar-refractivity contribution in [1.29, 1.82) is 0 Å². The number of benzene rings is 1. The Morgan fingerprint density at radius 2 is 1.59 bits per heavy atom. The van der Waals surface area contributed by atoms with Gasteiger partial charge in [0.2, 0.25) is 0 Å². The molecule has 0 saturated heterocycles. The van der Waals surface area contributed by atoms with Gasteiger partial charge < -0.3 is 10.6 Å². The lowest BCUT2D eigenvalue weighted by molar-refractivity contribution is -0.383. The lowest BCUT2D eigenvalue weighted by atomic mass is 10.2. The molecule has 1 aromatic rings. The maximum absolute atomic E-state index is 11.1. The van der Waals surface area contributed by atoms with Gasteiger partial charge in [-0.15, -0.1) is 0 Å². The van der Waals surface area contributed by atoms with E-state index in [0.29, 0.717) is 11.4 Å². The molecule has 0 radical (unpaired) electrons. The van der Waals surface area contributed by atoms with Gasteiger partial charge in [0, 0.05) is 13.1 Å². The fourth-order valence-electron chi connectivity index (χ4n) is 1.54. The molecule has 0 atom stereocenters. The van der Waals surface area contributed by atoms with Crippen LogP contribution in [0.4, 0.5) is 17.1 Å². The molecule has 0 fully saturated rings. The molecule has 0 saturated carbocycles. The highest BCUT2D eigenvalue weighted by molar-refractivity contribution is 5.76. The van der Waals surface area contributed by atoms with Crippen LogP contribution in [-0.4, -0.2) is 18.0 Å². The molecule has 0 bridgehead atoms. The SMILES string of the molecule is CCCNc1cccc(NCCC)c1[N+](=O)[O-]. The van der Waals surface area contributed by atoms with E-state index >= 15 is 0 Å². The maximum Gasteiger partial charge on any atom is 0.315 e. The second kappa shape index (κ2) is 6.73. The predicted octanol–water partition coefficient (Wildman–Crippen LogP) is 3.24. The largest absolute Gasteiger partial charge is 0.379 e. The monoisotopic (exact) mass is 237 g/mol. The van der Waals surface area contributed by atoms with Crippen LogP contribution in [-0.2, 0) is 0 Å². The van der Waals surface area contributed by atoms with E-state index in [4.69, 9.17) is 0 Å². The van der Waals surface area contributed by atoms with Crippen LogP contribution >= 0.6 is 0 Å². The van der Waals surface area contributed by atoms with Crippen LogP contribution in [0.5, 0.6) is 0 Å². The Kier molecular flexibility index (Phi) is 5.26. The van der Waals surface area contributed by atoms with E-state index in [9.17, 15) is 10.1 Å². The van der Waals surface area contributed by atoms with Crippen molar-refractivity contribution >= 4 is 17.1 Å². The minimum Gasteiger partial charge on any atom is -0.379 e. The van der Waals surface area contributed by atoms with E-state index in [2.05, 4.69) is 10.6 Å². The lowest BCUT2D eigenvalue weighted by Gasteiger charge is -2.10. The Morgan fingerprint density at radius 3 is 1.94 bits per heavy atom. The Labute approximate surface area is 101 Å². The van der Waals surface area contributed by atoms with Gasteiger partial charge in [-0.2, -0.15) is 0 Å². The number of nitro groups is 1. The van der Waals surface area contributed by atoms with E-state index in [-0.39, 0.29) is 10.6 Å². The molecule has 5 nitrogen and oxygen atoms in total. The normalized spacial score (nSPS) is 10.0. The van der Waals surface area contributed by atoms with Crippen molar-refractivity contribution in [3.05, 3.63) is 28.3 Å². The van der Waals surface area contributed by atoms with Crippen molar-refractivity contribution < 1.29 is 4.92 Å². The summed E-state index contributed by atoms with van der Waals surface area (Å²) in [5.74, 6) is 0. The number of anilines is 2. The van der Waals surface area contributed by atoms with Crippen LogP contribution in [0.15, 0.2) is 18.2 Å². The maximum atomic E-state index is 11.1. The average Bonchev–Trinajstić information content (AvgIpc) is 2.33. The summed E-state index contributed by atoms with van der Waals surface area (Å²) in [5, 5.41) is 17.3. The molecule has 1 aromatic carbocycles. The number of para-hydroxylation sites is 1. The average molecular weight is 237 g/mol. The summed E-state index contributed by atoms with van der Waals surface area (Å²) in [7, 11) is 0. The van der Waals surface area contributed by atoms with Gasteiger partial charge in [-0.1, -0.05) is 19.9 Å². The molecule has 0 spiro atoms. The summed E-state index contributed by atoms with van der Waals surface area (Å²) in [6.45, 7) is 5.52. The quantitative estimate of drug-likeness (QED) is 0.564. The van der Waals surface area contributed by atoms with Crippen molar-refractivity contribution in [3.8, 4) is 0 Å². The van der Waals surface area contributed by atoms with Crippen LogP contribution in [0.1, 0.15) is 26.7 Å². The van der Waals surface area contributed by atoms with E-state index in [1.54, 1.807) is 12.1 Å². The summed E-state index contributed by atoms with van der Waals surface area (Å²) in [6.07, 6.45) is 1.87. The Hall–Kier alpha value is -1.78. The first-order valence-electron chi connectivity index (χ1n) is 5.95. The van der Waals surface area contributed by atoms with Gasteiger partial charge in [-0.3, -0.25) is 10.1 Å². The van der Waals surface area contributed by atoms with Gasteiger partial charge in [0.05, 0.1) is 4.92 Å². The molecule has 5 heteroatoms. The molecule has 2 N–H and O–H groups in total. The van der Waals surface area contributed by atoms with Crippen LogP contribution in [0.3, 0.4) is 0 Å². The number of nitrogens with zero attached hydrogens (tertiary/aromatic N) is 1. The third kappa shape index (κ3) is 3.62. The summed E-state index contributed by atoms with van der Waals surface area (Å²) in [5.41, 5.74) is 1.30. The van der Waals surface area contributed by atoms with E-state index < -0.39 is 0 Å². The molecule has 0 aliphatic heterocycles. The molecule has 0 unspecified atom stereocenters. The third-order valence-electron chi connectivity index (χ3n) is 2.35. The van der Waals surface area contributed by atoms with Gasteiger partial charge in [0.15, 0.2) is 0 Å². The van der Waals surface area contributed by atoms with Crippen molar-refractivity contribution in [2.45, 2.75) is 26.7 Å². The Morgan fingerprint density at radius 1 is 1.12 bits per heavy atom. The number of hydrogen-bond acceptors (Lipinski definition) is 4. The first-order valence-corrected chi connectivity index (χ1v) is 5.95. The zero-order valence-electron chi connectivity index (χ0n) is 10.3. The summed E-state index contributed by atoms with van der Waals surface area (Å²) < 4.78 is 0. The second-order valence-electron chi connectivity index (χ2n) is 3.81.